The molecule has 2 rings (SSSR count). The van der Waals surface area contributed by atoms with Crippen LogP contribution < -0.4 is 10.5 Å². The normalized spacial score (nSPS) is 12.0. The van der Waals surface area contributed by atoms with Crippen LogP contribution in [0, 0.1) is 5.41 Å². The topological polar surface area (TPSA) is 73.9 Å². The highest BCUT2D eigenvalue weighted by molar-refractivity contribution is 6.32. The Hall–Kier alpha value is -2.24. The van der Waals surface area contributed by atoms with Crippen LogP contribution in [0.1, 0.15) is 31.9 Å². The number of hydrogen-bond acceptors (Lipinski definition) is 4. The van der Waals surface area contributed by atoms with Gasteiger partial charge in [-0.25, -0.2) is 4.79 Å². The summed E-state index contributed by atoms with van der Waals surface area (Å²) in [6.45, 7) is 5.53. The summed E-state index contributed by atoms with van der Waals surface area (Å²) in [5.74, 6) is 0.0769. The first-order valence-electron chi connectivity index (χ1n) is 7.89. The SMILES string of the molecule is CC(C)(C)C(=O)O/N=C(\N)c1ccc(OCc2ccc(Cl)cc2)c(Cl)c1. The fourth-order valence-electron chi connectivity index (χ4n) is 1.80. The van der Waals surface area contributed by atoms with Crippen LogP contribution in [-0.4, -0.2) is 11.8 Å². The molecule has 0 aromatic heterocycles. The number of nitrogens with two attached hydrogens (primary N) is 1. The molecule has 0 aliphatic rings. The first-order chi connectivity index (χ1) is 12.2. The smallest absolute Gasteiger partial charge is 0.340 e. The van der Waals surface area contributed by atoms with Crippen LogP contribution in [0.4, 0.5) is 0 Å². The van der Waals surface area contributed by atoms with E-state index in [2.05, 4.69) is 5.16 Å². The van der Waals surface area contributed by atoms with Crippen LogP contribution >= 0.6 is 23.2 Å². The van der Waals surface area contributed by atoms with Crippen LogP contribution in [-0.2, 0) is 16.2 Å². The van der Waals surface area contributed by atoms with E-state index in [1.165, 1.54) is 0 Å². The molecule has 0 aliphatic carbocycles. The van der Waals surface area contributed by atoms with Crippen LogP contribution in [0.5, 0.6) is 5.75 Å². The second kappa shape index (κ2) is 8.43. The Morgan fingerprint density at radius 3 is 2.35 bits per heavy atom. The van der Waals surface area contributed by atoms with E-state index in [0.29, 0.717) is 28.0 Å². The molecule has 138 valence electrons. The van der Waals surface area contributed by atoms with Crippen molar-refractivity contribution >= 4 is 35.0 Å². The molecule has 0 amide bonds. The van der Waals surface area contributed by atoms with E-state index in [1.807, 2.05) is 12.1 Å². The van der Waals surface area contributed by atoms with Crippen molar-refractivity contribution in [2.75, 3.05) is 0 Å². The van der Waals surface area contributed by atoms with Crippen LogP contribution in [0.25, 0.3) is 0 Å². The highest BCUT2D eigenvalue weighted by Crippen LogP contribution is 2.26. The van der Waals surface area contributed by atoms with E-state index in [4.69, 9.17) is 38.5 Å². The van der Waals surface area contributed by atoms with E-state index in [-0.39, 0.29) is 5.84 Å². The predicted octanol–water partition coefficient (Wildman–Crippen LogP) is 4.78. The van der Waals surface area contributed by atoms with Crippen molar-refractivity contribution in [1.82, 2.24) is 0 Å². The predicted molar refractivity (Wildman–Crippen MR) is 104 cm³/mol. The van der Waals surface area contributed by atoms with Crippen molar-refractivity contribution in [1.29, 1.82) is 0 Å². The summed E-state index contributed by atoms with van der Waals surface area (Å²) in [7, 11) is 0. The van der Waals surface area contributed by atoms with Gasteiger partial charge in [0.05, 0.1) is 10.4 Å². The molecular weight excluding hydrogens is 375 g/mol. The zero-order valence-electron chi connectivity index (χ0n) is 14.8. The summed E-state index contributed by atoms with van der Waals surface area (Å²) in [5, 5.41) is 4.70. The average Bonchev–Trinajstić information content (AvgIpc) is 2.58. The van der Waals surface area contributed by atoms with E-state index in [1.54, 1.807) is 51.1 Å². The van der Waals surface area contributed by atoms with Gasteiger partial charge in [0.1, 0.15) is 12.4 Å². The third-order valence-corrected chi connectivity index (χ3v) is 3.92. The van der Waals surface area contributed by atoms with E-state index < -0.39 is 11.4 Å². The number of benzene rings is 2. The quantitative estimate of drug-likeness (QED) is 0.342. The lowest BCUT2D eigenvalue weighted by molar-refractivity contribution is -0.152. The molecule has 2 aromatic rings. The lowest BCUT2D eigenvalue weighted by Crippen LogP contribution is -2.23. The fraction of sp³-hybridized carbons (Fsp3) is 0.263. The summed E-state index contributed by atoms with van der Waals surface area (Å²) >= 11 is 12.1. The van der Waals surface area contributed by atoms with E-state index >= 15 is 0 Å². The first kappa shape index (κ1) is 20.1. The number of rotatable bonds is 5. The molecule has 0 radical (unpaired) electrons. The summed E-state index contributed by atoms with van der Waals surface area (Å²) in [6.07, 6.45) is 0. The molecule has 2 aromatic carbocycles. The van der Waals surface area contributed by atoms with Crippen molar-refractivity contribution < 1.29 is 14.4 Å². The summed E-state index contributed by atoms with van der Waals surface area (Å²) < 4.78 is 5.70. The van der Waals surface area contributed by atoms with Crippen molar-refractivity contribution in [2.24, 2.45) is 16.3 Å². The number of hydrogen-bond donors (Lipinski definition) is 1. The van der Waals surface area contributed by atoms with Crippen molar-refractivity contribution in [3.63, 3.8) is 0 Å². The fourth-order valence-corrected chi connectivity index (χ4v) is 2.16. The molecule has 0 atom stereocenters. The van der Waals surface area contributed by atoms with Gasteiger partial charge in [-0.15, -0.1) is 0 Å². The Balaban J connectivity index is 2.04. The van der Waals surface area contributed by atoms with Crippen molar-refractivity contribution in [3.8, 4) is 5.75 Å². The van der Waals surface area contributed by atoms with E-state index in [9.17, 15) is 4.79 Å². The lowest BCUT2D eigenvalue weighted by Gasteiger charge is -2.13. The molecule has 0 fully saturated rings. The Morgan fingerprint density at radius 2 is 1.77 bits per heavy atom. The van der Waals surface area contributed by atoms with Gasteiger partial charge in [0, 0.05) is 10.6 Å². The zero-order valence-corrected chi connectivity index (χ0v) is 16.3. The van der Waals surface area contributed by atoms with Gasteiger partial charge >= 0.3 is 5.97 Å². The molecule has 26 heavy (non-hydrogen) atoms. The van der Waals surface area contributed by atoms with Crippen molar-refractivity contribution in [2.45, 2.75) is 27.4 Å². The van der Waals surface area contributed by atoms with Crippen LogP contribution in [0.3, 0.4) is 0 Å². The van der Waals surface area contributed by atoms with Gasteiger partial charge in [-0.3, -0.25) is 0 Å². The molecule has 0 saturated carbocycles. The molecular formula is C19H20Cl2N2O3. The average molecular weight is 395 g/mol. The number of ether oxygens (including phenoxy) is 1. The molecule has 0 aliphatic heterocycles. The first-order valence-corrected chi connectivity index (χ1v) is 8.64. The lowest BCUT2D eigenvalue weighted by atomic mass is 9.98. The minimum atomic E-state index is -0.666. The highest BCUT2D eigenvalue weighted by Gasteiger charge is 2.23. The number of oxime groups is 1. The van der Waals surface area contributed by atoms with Gasteiger partial charge in [0.15, 0.2) is 5.84 Å². The number of carbonyl (C=O) groups is 1. The Labute approximate surface area is 162 Å². The maximum absolute atomic E-state index is 11.7. The minimum Gasteiger partial charge on any atom is -0.487 e. The Morgan fingerprint density at radius 1 is 1.12 bits per heavy atom. The summed E-state index contributed by atoms with van der Waals surface area (Å²) in [4.78, 5) is 16.6. The second-order valence-electron chi connectivity index (χ2n) is 6.67. The second-order valence-corrected chi connectivity index (χ2v) is 7.51. The van der Waals surface area contributed by atoms with Gasteiger partial charge in [0.2, 0.25) is 0 Å². The minimum absolute atomic E-state index is 0.0498. The molecule has 7 heteroatoms. The Bertz CT molecular complexity index is 813. The maximum atomic E-state index is 11.7. The van der Waals surface area contributed by atoms with Gasteiger partial charge < -0.3 is 15.3 Å². The molecule has 0 spiro atoms. The van der Waals surface area contributed by atoms with Crippen LogP contribution in [0.2, 0.25) is 10.0 Å². The highest BCUT2D eigenvalue weighted by atomic mass is 35.5. The molecule has 0 bridgehead atoms. The number of nitrogens with zero attached hydrogens (tertiary/aromatic N) is 1. The van der Waals surface area contributed by atoms with Crippen molar-refractivity contribution in [3.05, 3.63) is 63.6 Å². The number of amidine groups is 1. The van der Waals surface area contributed by atoms with Gasteiger partial charge in [-0.2, -0.15) is 0 Å². The number of carbonyl (C=O) groups excluding carboxylic acids is 1. The van der Waals surface area contributed by atoms with Crippen LogP contribution in [0.15, 0.2) is 47.6 Å². The summed E-state index contributed by atoms with van der Waals surface area (Å²) in [6, 6.07) is 12.3. The molecule has 0 saturated heterocycles. The molecule has 0 heterocycles. The Kier molecular flexibility index (Phi) is 6.51. The molecule has 2 N–H and O–H groups in total. The van der Waals surface area contributed by atoms with Gasteiger partial charge in [-0.05, 0) is 56.7 Å². The van der Waals surface area contributed by atoms with E-state index in [0.717, 1.165) is 5.56 Å². The summed E-state index contributed by atoms with van der Waals surface area (Å²) in [5.41, 5.74) is 6.67. The standard InChI is InChI=1S/C19H20Cl2N2O3/c1-19(2,3)18(24)26-23-17(22)13-6-9-16(15(21)10-13)25-11-12-4-7-14(20)8-5-12/h4-10H,11H2,1-3H3,(H2,22,23). The molecule has 0 unspecified atom stereocenters. The van der Waals surface area contributed by atoms with Gasteiger partial charge in [0.25, 0.3) is 0 Å². The third kappa shape index (κ3) is 5.64. The monoisotopic (exact) mass is 394 g/mol. The number of halogens is 2. The molecule has 5 nitrogen and oxygen atoms in total. The largest absolute Gasteiger partial charge is 0.487 e. The zero-order chi connectivity index (χ0) is 19.3. The maximum Gasteiger partial charge on any atom is 0.340 e. The third-order valence-electron chi connectivity index (χ3n) is 3.37. The van der Waals surface area contributed by atoms with Gasteiger partial charge in [-0.1, -0.05) is 40.5 Å².